The number of hydrazine groups is 1. The van der Waals surface area contributed by atoms with Crippen molar-refractivity contribution in [2.24, 2.45) is 23.7 Å². The van der Waals surface area contributed by atoms with Gasteiger partial charge in [-0.15, -0.1) is 0 Å². The predicted molar refractivity (Wildman–Crippen MR) is 179 cm³/mol. The number of hydrogen-bond acceptors (Lipinski definition) is 6. The summed E-state index contributed by atoms with van der Waals surface area (Å²) < 4.78 is 29.0. The van der Waals surface area contributed by atoms with E-state index >= 15 is 9.18 Å². The Kier molecular flexibility index (Phi) is 7.60. The lowest BCUT2D eigenvalue weighted by Gasteiger charge is -2.50. The van der Waals surface area contributed by atoms with E-state index in [0.717, 1.165) is 16.6 Å². The number of anilines is 1. The van der Waals surface area contributed by atoms with Crippen LogP contribution < -0.4 is 5.43 Å². The van der Waals surface area contributed by atoms with Gasteiger partial charge in [-0.05, 0) is 84.0 Å². The van der Waals surface area contributed by atoms with Crippen molar-refractivity contribution in [3.05, 3.63) is 142 Å². The molecule has 0 aromatic heterocycles. The number of carbonyl (C=O) groups excluding carboxylic acids is 4. The number of carbonyl (C=O) groups is 4. The number of imide groups is 2. The lowest BCUT2D eigenvalue weighted by atomic mass is 9.49. The average Bonchev–Trinajstić information content (AvgIpc) is 3.48. The first kappa shape index (κ1) is 31.9. The molecule has 2 N–H and O–H groups in total. The number of aromatic hydroxyl groups is 1. The third-order valence-corrected chi connectivity index (χ3v) is 11.1. The topological polar surface area (TPSA) is 107 Å². The van der Waals surface area contributed by atoms with Gasteiger partial charge in [0.05, 0.1) is 35.4 Å². The summed E-state index contributed by atoms with van der Waals surface area (Å²) >= 11 is 6.30. The van der Waals surface area contributed by atoms with Crippen LogP contribution in [0.3, 0.4) is 0 Å². The van der Waals surface area contributed by atoms with Crippen LogP contribution in [0.15, 0.2) is 109 Å². The van der Waals surface area contributed by atoms with Gasteiger partial charge in [0, 0.05) is 10.9 Å². The van der Waals surface area contributed by atoms with E-state index in [1.807, 2.05) is 36.4 Å². The van der Waals surface area contributed by atoms with Gasteiger partial charge in [-0.25, -0.2) is 8.78 Å². The number of allylic oxidation sites excluding steroid dienone is 2. The number of nitrogens with one attached hydrogen (secondary N) is 1. The number of benzene rings is 4. The summed E-state index contributed by atoms with van der Waals surface area (Å²) in [5.41, 5.74) is 3.73. The minimum atomic E-state index is -1.65. The molecule has 8 nitrogen and oxygen atoms in total. The highest BCUT2D eigenvalue weighted by Gasteiger charge is 2.70. The first-order valence-electron chi connectivity index (χ1n) is 16.3. The van der Waals surface area contributed by atoms with E-state index in [0.29, 0.717) is 21.7 Å². The molecule has 2 aliphatic heterocycles. The van der Waals surface area contributed by atoms with Crippen LogP contribution in [-0.2, 0) is 31.1 Å². The molecule has 4 aromatic carbocycles. The van der Waals surface area contributed by atoms with Crippen molar-refractivity contribution in [2.45, 2.75) is 30.7 Å². The monoisotopic (exact) mass is 693 g/mol. The van der Waals surface area contributed by atoms with Gasteiger partial charge in [0.1, 0.15) is 5.82 Å². The molecule has 6 atom stereocenters. The minimum Gasteiger partial charge on any atom is -0.505 e. The van der Waals surface area contributed by atoms with Gasteiger partial charge in [0.25, 0.3) is 11.8 Å². The van der Waals surface area contributed by atoms with E-state index in [2.05, 4.69) is 5.43 Å². The predicted octanol–water partition coefficient (Wildman–Crippen LogP) is 6.51. The van der Waals surface area contributed by atoms with Crippen LogP contribution in [0.4, 0.5) is 14.5 Å². The molecule has 0 spiro atoms. The van der Waals surface area contributed by atoms with Gasteiger partial charge in [-0.1, -0.05) is 71.8 Å². The lowest BCUT2D eigenvalue weighted by Crippen LogP contribution is -2.53. The summed E-state index contributed by atoms with van der Waals surface area (Å²) in [5, 5.41) is 11.5. The van der Waals surface area contributed by atoms with Gasteiger partial charge < -0.3 is 5.11 Å². The van der Waals surface area contributed by atoms with Crippen LogP contribution in [0.1, 0.15) is 35.4 Å². The van der Waals surface area contributed by atoms with Crippen LogP contribution >= 0.6 is 11.6 Å². The molecule has 0 unspecified atom stereocenters. The third kappa shape index (κ3) is 4.76. The number of amides is 4. The van der Waals surface area contributed by atoms with Crippen LogP contribution in [0, 0.1) is 35.3 Å². The first-order valence-corrected chi connectivity index (χ1v) is 16.7. The van der Waals surface area contributed by atoms with Crippen LogP contribution in [0.2, 0.25) is 5.02 Å². The molecular formula is C39H30ClF2N3O5. The number of phenolic OH excluding ortho intramolecular Hbond substituents is 1. The maximum absolute atomic E-state index is 15.2. The van der Waals surface area contributed by atoms with Crippen molar-refractivity contribution in [1.82, 2.24) is 9.91 Å². The maximum atomic E-state index is 15.2. The largest absolute Gasteiger partial charge is 0.505 e. The number of fused-ring (bicyclic) bond motifs is 4. The number of hydrogen-bond donors (Lipinski definition) is 2. The summed E-state index contributed by atoms with van der Waals surface area (Å²) in [5.74, 6) is -8.03. The molecule has 4 aliphatic rings. The number of phenols is 1. The fraction of sp³-hybridized carbons (Fsp3) is 0.231. The van der Waals surface area contributed by atoms with Crippen molar-refractivity contribution >= 4 is 40.9 Å². The van der Waals surface area contributed by atoms with E-state index in [-0.39, 0.29) is 36.9 Å². The average molecular weight is 694 g/mol. The molecule has 11 heteroatoms. The fourth-order valence-corrected chi connectivity index (χ4v) is 8.85. The molecule has 4 aromatic rings. The number of rotatable bonds is 6. The van der Waals surface area contributed by atoms with Crippen molar-refractivity contribution in [2.75, 3.05) is 5.43 Å². The Labute approximate surface area is 290 Å². The van der Waals surface area contributed by atoms with Crippen LogP contribution in [-0.4, -0.2) is 38.6 Å². The van der Waals surface area contributed by atoms with E-state index in [1.165, 1.54) is 41.3 Å². The quantitative estimate of drug-likeness (QED) is 0.176. The molecule has 2 saturated heterocycles. The van der Waals surface area contributed by atoms with Gasteiger partial charge in [0.2, 0.25) is 11.8 Å². The molecule has 0 bridgehead atoms. The zero-order chi connectivity index (χ0) is 34.9. The van der Waals surface area contributed by atoms with Crippen molar-refractivity contribution in [3.8, 4) is 5.75 Å². The standard InChI is InChI=1S/C39H30ClF2N3O5/c40-24-9-7-23(8-10-24)39-30(36(48)45(38(39)50)43-26-13-11-25(41)12-14-26)19-29-27(34(39)22-6-17-32(46)31(42)18-22)15-16-28-33(29)37(49)44(35(28)47)20-21-4-2-1-3-5-21/h1-15,17-18,28-30,33-34,43,46H,16,19-20H2/t28-,29+,30-,33-,34-,39+/m0/s1. The normalized spacial score (nSPS) is 27.2. The van der Waals surface area contributed by atoms with Crippen molar-refractivity contribution < 1.29 is 33.1 Å². The van der Waals surface area contributed by atoms with Gasteiger partial charge in [-0.2, -0.15) is 5.01 Å². The molecule has 8 rings (SSSR count). The summed E-state index contributed by atoms with van der Waals surface area (Å²) in [6.45, 7) is 0.102. The second-order valence-electron chi connectivity index (χ2n) is 13.3. The third-order valence-electron chi connectivity index (χ3n) is 10.8. The fourth-order valence-electron chi connectivity index (χ4n) is 8.72. The highest BCUT2D eigenvalue weighted by Crippen LogP contribution is 2.64. The summed E-state index contributed by atoms with van der Waals surface area (Å²) in [6.07, 6.45) is 2.14. The van der Waals surface area contributed by atoms with E-state index in [1.54, 1.807) is 24.3 Å². The van der Waals surface area contributed by atoms with E-state index < -0.39 is 64.2 Å². The Balaban J connectivity index is 1.30. The highest BCUT2D eigenvalue weighted by atomic mass is 35.5. The zero-order valence-electron chi connectivity index (χ0n) is 26.4. The SMILES string of the molecule is O=C1[C@H]2[C@H](CC=C3[C@H]2C[C@H]2C(=O)N(Nc4ccc(F)cc4)C(=O)[C@@]2(c2ccc(Cl)cc2)[C@H]3c2ccc(O)c(F)c2)C(=O)N1Cc1ccccc1. The maximum Gasteiger partial charge on any atom is 0.260 e. The number of nitrogens with zero attached hydrogens (tertiary/aromatic N) is 2. The lowest BCUT2D eigenvalue weighted by molar-refractivity contribution is -0.142. The summed E-state index contributed by atoms with van der Waals surface area (Å²) in [6, 6.07) is 24.8. The summed E-state index contributed by atoms with van der Waals surface area (Å²) in [4.78, 5) is 59.1. The zero-order valence-corrected chi connectivity index (χ0v) is 27.2. The molecule has 2 heterocycles. The smallest absolute Gasteiger partial charge is 0.260 e. The summed E-state index contributed by atoms with van der Waals surface area (Å²) in [7, 11) is 0. The Hall–Kier alpha value is -5.35. The van der Waals surface area contributed by atoms with Gasteiger partial charge in [-0.3, -0.25) is 29.5 Å². The number of likely N-dealkylation sites (tertiary alicyclic amines) is 1. The van der Waals surface area contributed by atoms with Crippen molar-refractivity contribution in [3.63, 3.8) is 0 Å². The molecule has 4 amide bonds. The number of halogens is 3. The first-order chi connectivity index (χ1) is 24.1. The van der Waals surface area contributed by atoms with Crippen LogP contribution in [0.5, 0.6) is 5.75 Å². The second-order valence-corrected chi connectivity index (χ2v) is 13.8. The molecule has 0 radical (unpaired) electrons. The molecule has 2 aliphatic carbocycles. The Bertz CT molecular complexity index is 2090. The van der Waals surface area contributed by atoms with Gasteiger partial charge >= 0.3 is 0 Å². The Morgan fingerprint density at radius 3 is 2.26 bits per heavy atom. The van der Waals surface area contributed by atoms with E-state index in [4.69, 9.17) is 11.6 Å². The molecule has 50 heavy (non-hydrogen) atoms. The minimum absolute atomic E-state index is 0.0526. The molecule has 3 fully saturated rings. The highest BCUT2D eigenvalue weighted by molar-refractivity contribution is 6.30. The Morgan fingerprint density at radius 1 is 0.840 bits per heavy atom. The van der Waals surface area contributed by atoms with Crippen LogP contribution in [0.25, 0.3) is 0 Å². The molecular weight excluding hydrogens is 664 g/mol. The second kappa shape index (κ2) is 11.9. The Morgan fingerprint density at radius 2 is 1.56 bits per heavy atom. The van der Waals surface area contributed by atoms with Gasteiger partial charge in [0.15, 0.2) is 11.6 Å². The van der Waals surface area contributed by atoms with E-state index in [9.17, 15) is 23.9 Å². The molecule has 252 valence electrons. The molecule has 1 saturated carbocycles. The van der Waals surface area contributed by atoms with Crippen molar-refractivity contribution in [1.29, 1.82) is 0 Å².